The molecule has 1 aliphatic heterocycles. The van der Waals surface area contributed by atoms with Crippen LogP contribution in [0.2, 0.25) is 0 Å². The molecule has 4 rings (SSSR count). The molecule has 2 aromatic rings. The van der Waals surface area contributed by atoms with Gasteiger partial charge in [0.15, 0.2) is 0 Å². The summed E-state index contributed by atoms with van der Waals surface area (Å²) < 4.78 is 11.6. The van der Waals surface area contributed by atoms with Crippen LogP contribution in [0.3, 0.4) is 0 Å². The highest BCUT2D eigenvalue weighted by Gasteiger charge is 2.24. The van der Waals surface area contributed by atoms with Gasteiger partial charge in [-0.2, -0.15) is 0 Å². The minimum atomic E-state index is 0.294. The quantitative estimate of drug-likeness (QED) is 0.814. The third-order valence-electron chi connectivity index (χ3n) is 4.06. The van der Waals surface area contributed by atoms with Crippen LogP contribution >= 0.6 is 0 Å². The summed E-state index contributed by atoms with van der Waals surface area (Å²) in [7, 11) is 0. The Hall–Kier alpha value is -1.96. The molecule has 1 aliphatic carbocycles. The van der Waals surface area contributed by atoms with Gasteiger partial charge in [0.2, 0.25) is 0 Å². The van der Waals surface area contributed by atoms with Gasteiger partial charge in [-0.25, -0.2) is 0 Å². The van der Waals surface area contributed by atoms with Crippen LogP contribution in [0.1, 0.15) is 23.1 Å². The van der Waals surface area contributed by atoms with E-state index in [0.717, 1.165) is 30.8 Å². The highest BCUT2D eigenvalue weighted by molar-refractivity contribution is 5.48. The van der Waals surface area contributed by atoms with Gasteiger partial charge in [-0.15, -0.1) is 0 Å². The van der Waals surface area contributed by atoms with Gasteiger partial charge in [0.25, 0.3) is 0 Å². The molecular formula is C17H16O2. The van der Waals surface area contributed by atoms with Crippen LogP contribution in [0.25, 0.3) is 0 Å². The van der Waals surface area contributed by atoms with Crippen molar-refractivity contribution < 1.29 is 9.47 Å². The van der Waals surface area contributed by atoms with E-state index in [-0.39, 0.29) is 0 Å². The molecule has 1 unspecified atom stereocenters. The van der Waals surface area contributed by atoms with Crippen LogP contribution < -0.4 is 9.47 Å². The summed E-state index contributed by atoms with van der Waals surface area (Å²) in [5, 5.41) is 0. The van der Waals surface area contributed by atoms with E-state index in [1.807, 2.05) is 12.1 Å². The lowest BCUT2D eigenvalue weighted by atomic mass is 9.90. The number of hydrogen-bond donors (Lipinski definition) is 0. The molecule has 0 spiro atoms. The minimum Gasteiger partial charge on any atom is -0.490 e. The number of aryl methyl sites for hydroxylation is 1. The summed E-state index contributed by atoms with van der Waals surface area (Å²) >= 11 is 0. The van der Waals surface area contributed by atoms with E-state index in [1.54, 1.807) is 0 Å². The second-order valence-electron chi connectivity index (χ2n) is 5.27. The van der Waals surface area contributed by atoms with Crippen LogP contribution in [0.4, 0.5) is 0 Å². The highest BCUT2D eigenvalue weighted by Crippen LogP contribution is 2.37. The third-order valence-corrected chi connectivity index (χ3v) is 4.06. The van der Waals surface area contributed by atoms with Gasteiger partial charge in [-0.1, -0.05) is 30.3 Å². The van der Waals surface area contributed by atoms with Gasteiger partial charge in [-0.3, -0.25) is 0 Å². The summed E-state index contributed by atoms with van der Waals surface area (Å²) in [5.74, 6) is 1.99. The zero-order chi connectivity index (χ0) is 12.7. The topological polar surface area (TPSA) is 18.5 Å². The van der Waals surface area contributed by atoms with Gasteiger partial charge in [-0.05, 0) is 36.1 Å². The average molecular weight is 252 g/mol. The number of rotatable bonds is 2. The Balaban J connectivity index is 1.54. The first-order chi connectivity index (χ1) is 9.40. The molecule has 2 heteroatoms. The van der Waals surface area contributed by atoms with E-state index in [0.29, 0.717) is 12.7 Å². The van der Waals surface area contributed by atoms with E-state index < -0.39 is 0 Å². The van der Waals surface area contributed by atoms with Crippen molar-refractivity contribution in [1.82, 2.24) is 0 Å². The number of benzene rings is 2. The maximum absolute atomic E-state index is 6.20. The molecule has 0 amide bonds. The molecule has 2 aromatic carbocycles. The Bertz CT molecular complexity index is 618. The first-order valence-corrected chi connectivity index (χ1v) is 6.88. The Labute approximate surface area is 113 Å². The summed E-state index contributed by atoms with van der Waals surface area (Å²) in [6, 6.07) is 14.8. The first kappa shape index (κ1) is 10.9. The maximum atomic E-state index is 6.20. The SMILES string of the molecule is c1ccc2c(c1)CCC(Oc1cccc3c1CO3)C2. The van der Waals surface area contributed by atoms with E-state index in [9.17, 15) is 0 Å². The molecule has 2 aliphatic rings. The summed E-state index contributed by atoms with van der Waals surface area (Å²) in [5.41, 5.74) is 4.14. The molecule has 0 saturated heterocycles. The molecule has 0 bridgehead atoms. The lowest BCUT2D eigenvalue weighted by Gasteiger charge is -2.29. The van der Waals surface area contributed by atoms with E-state index >= 15 is 0 Å². The normalized spacial score (nSPS) is 19.7. The summed E-state index contributed by atoms with van der Waals surface area (Å²) in [6.45, 7) is 0.689. The zero-order valence-electron chi connectivity index (χ0n) is 10.8. The Kier molecular flexibility index (Phi) is 2.47. The Morgan fingerprint density at radius 3 is 2.74 bits per heavy atom. The van der Waals surface area contributed by atoms with Crippen molar-refractivity contribution in [3.05, 3.63) is 59.2 Å². The van der Waals surface area contributed by atoms with Crippen molar-refractivity contribution in [2.24, 2.45) is 0 Å². The van der Waals surface area contributed by atoms with Crippen LogP contribution in [-0.4, -0.2) is 6.10 Å². The Morgan fingerprint density at radius 1 is 1.00 bits per heavy atom. The monoisotopic (exact) mass is 252 g/mol. The predicted octanol–water partition coefficient (Wildman–Crippen LogP) is 3.52. The van der Waals surface area contributed by atoms with Gasteiger partial charge in [0.05, 0.1) is 5.56 Å². The van der Waals surface area contributed by atoms with E-state index in [4.69, 9.17) is 9.47 Å². The van der Waals surface area contributed by atoms with Crippen LogP contribution in [0, 0.1) is 0 Å². The molecular weight excluding hydrogens is 236 g/mol. The van der Waals surface area contributed by atoms with Crippen molar-refractivity contribution in [3.63, 3.8) is 0 Å². The molecule has 0 fully saturated rings. The predicted molar refractivity (Wildman–Crippen MR) is 73.7 cm³/mol. The maximum Gasteiger partial charge on any atom is 0.130 e. The zero-order valence-corrected chi connectivity index (χ0v) is 10.8. The molecule has 1 atom stereocenters. The molecule has 1 heterocycles. The van der Waals surface area contributed by atoms with Crippen molar-refractivity contribution in [2.75, 3.05) is 0 Å². The van der Waals surface area contributed by atoms with Crippen molar-refractivity contribution in [3.8, 4) is 11.5 Å². The lowest BCUT2D eigenvalue weighted by Crippen LogP contribution is -2.26. The molecule has 0 aromatic heterocycles. The molecule has 19 heavy (non-hydrogen) atoms. The van der Waals surface area contributed by atoms with Crippen LogP contribution in [-0.2, 0) is 19.4 Å². The molecule has 2 nitrogen and oxygen atoms in total. The second kappa shape index (κ2) is 4.30. The smallest absolute Gasteiger partial charge is 0.130 e. The van der Waals surface area contributed by atoms with Gasteiger partial charge in [0.1, 0.15) is 24.2 Å². The van der Waals surface area contributed by atoms with Gasteiger partial charge < -0.3 is 9.47 Å². The average Bonchev–Trinajstić information content (AvgIpc) is 2.41. The molecule has 0 radical (unpaired) electrons. The largest absolute Gasteiger partial charge is 0.490 e. The fraction of sp³-hybridized carbons (Fsp3) is 0.294. The van der Waals surface area contributed by atoms with Crippen molar-refractivity contribution in [2.45, 2.75) is 32.0 Å². The van der Waals surface area contributed by atoms with Crippen molar-refractivity contribution >= 4 is 0 Å². The third kappa shape index (κ3) is 1.88. The van der Waals surface area contributed by atoms with Gasteiger partial charge in [0, 0.05) is 6.42 Å². The standard InChI is InChI=1S/C17H16O2/c1-2-5-13-10-14(9-8-12(13)4-1)19-17-7-3-6-16-15(17)11-18-16/h1-7,14H,8-11H2. The first-order valence-electron chi connectivity index (χ1n) is 6.88. The molecule has 0 N–H and O–H groups in total. The fourth-order valence-electron chi connectivity index (χ4n) is 2.95. The number of hydrogen-bond acceptors (Lipinski definition) is 2. The second-order valence-corrected chi connectivity index (χ2v) is 5.27. The van der Waals surface area contributed by atoms with Crippen molar-refractivity contribution in [1.29, 1.82) is 0 Å². The number of ether oxygens (including phenoxy) is 2. The van der Waals surface area contributed by atoms with Crippen LogP contribution in [0.15, 0.2) is 42.5 Å². The molecule has 0 saturated carbocycles. The number of fused-ring (bicyclic) bond motifs is 2. The summed E-state index contributed by atoms with van der Waals surface area (Å²) in [4.78, 5) is 0. The van der Waals surface area contributed by atoms with E-state index in [1.165, 1.54) is 16.7 Å². The van der Waals surface area contributed by atoms with Crippen LogP contribution in [0.5, 0.6) is 11.5 Å². The fourth-order valence-corrected chi connectivity index (χ4v) is 2.95. The summed E-state index contributed by atoms with van der Waals surface area (Å²) in [6.07, 6.45) is 3.52. The highest BCUT2D eigenvalue weighted by atomic mass is 16.5. The van der Waals surface area contributed by atoms with Gasteiger partial charge >= 0.3 is 0 Å². The Morgan fingerprint density at radius 2 is 1.89 bits per heavy atom. The minimum absolute atomic E-state index is 0.294. The molecule has 96 valence electrons. The lowest BCUT2D eigenvalue weighted by molar-refractivity contribution is 0.166. The van der Waals surface area contributed by atoms with E-state index in [2.05, 4.69) is 30.3 Å².